The van der Waals surface area contributed by atoms with E-state index in [1.165, 1.54) is 11.1 Å². The van der Waals surface area contributed by atoms with Gasteiger partial charge in [0.15, 0.2) is 0 Å². The van der Waals surface area contributed by atoms with Crippen LogP contribution < -0.4 is 0 Å². The Hall–Kier alpha value is -1.96. The number of nitrogens with zero attached hydrogens (tertiary/aromatic N) is 1. The lowest BCUT2D eigenvalue weighted by Crippen LogP contribution is -2.17. The van der Waals surface area contributed by atoms with Gasteiger partial charge in [0.2, 0.25) is 0 Å². The molecule has 1 aliphatic rings. The maximum absolute atomic E-state index is 12.2. The van der Waals surface area contributed by atoms with Gasteiger partial charge in [0.25, 0.3) is 0 Å². The number of carbonyl (C=O) groups excluding carboxylic acids is 1. The van der Waals surface area contributed by atoms with Crippen molar-refractivity contribution >= 4 is 5.78 Å². The van der Waals surface area contributed by atoms with Crippen molar-refractivity contribution in [1.29, 1.82) is 0 Å². The molecule has 1 aromatic carbocycles. The normalized spacial score (nSPS) is 14.4. The Balaban J connectivity index is 1.70. The number of Topliss-reactive ketones (excluding diaryl/α,β-unsaturated/α-hetero) is 1. The van der Waals surface area contributed by atoms with E-state index in [1.807, 2.05) is 30.3 Å². The number of fused-ring (bicyclic) bond motifs is 1. The highest BCUT2D eigenvalue weighted by Gasteiger charge is 2.26. The Labute approximate surface area is 107 Å². The number of carbonyl (C=O) groups is 1. The van der Waals surface area contributed by atoms with Crippen molar-refractivity contribution in [2.45, 2.75) is 19.3 Å². The summed E-state index contributed by atoms with van der Waals surface area (Å²) in [5.41, 5.74) is 3.53. The van der Waals surface area contributed by atoms with Crippen molar-refractivity contribution in [1.82, 2.24) is 4.98 Å². The Kier molecular flexibility index (Phi) is 2.93. The lowest BCUT2D eigenvalue weighted by Gasteiger charge is -2.07. The first-order valence-electron chi connectivity index (χ1n) is 6.32. The minimum Gasteiger partial charge on any atom is -0.299 e. The molecule has 0 saturated carbocycles. The van der Waals surface area contributed by atoms with Gasteiger partial charge < -0.3 is 0 Å². The molecule has 2 nitrogen and oxygen atoms in total. The molecule has 2 heteroatoms. The number of ketones is 1. The zero-order chi connectivity index (χ0) is 12.4. The highest BCUT2D eigenvalue weighted by atomic mass is 16.1. The van der Waals surface area contributed by atoms with Crippen LogP contribution in [-0.4, -0.2) is 10.8 Å². The Morgan fingerprint density at radius 2 is 1.72 bits per heavy atom. The van der Waals surface area contributed by atoms with Gasteiger partial charge in [0.1, 0.15) is 5.78 Å². The molecule has 1 heterocycles. The lowest BCUT2D eigenvalue weighted by molar-refractivity contribution is -0.122. The molecule has 1 aliphatic carbocycles. The number of benzene rings is 1. The summed E-state index contributed by atoms with van der Waals surface area (Å²) in [4.78, 5) is 16.5. The summed E-state index contributed by atoms with van der Waals surface area (Å²) >= 11 is 0. The second-order valence-electron chi connectivity index (χ2n) is 4.84. The molecule has 1 aromatic heterocycles. The number of rotatable bonds is 3. The predicted molar refractivity (Wildman–Crippen MR) is 70.3 cm³/mol. The summed E-state index contributed by atoms with van der Waals surface area (Å²) in [5.74, 6) is 0.453. The third-order valence-electron chi connectivity index (χ3n) is 3.59. The van der Waals surface area contributed by atoms with Crippen LogP contribution in [0.4, 0.5) is 0 Å². The summed E-state index contributed by atoms with van der Waals surface area (Å²) in [6.07, 6.45) is 3.98. The second-order valence-corrected chi connectivity index (χ2v) is 4.84. The number of hydrogen-bond acceptors (Lipinski definition) is 2. The van der Waals surface area contributed by atoms with E-state index in [0.29, 0.717) is 12.2 Å². The van der Waals surface area contributed by atoms with Crippen molar-refractivity contribution in [3.05, 3.63) is 65.5 Å². The molecule has 0 unspecified atom stereocenters. The molecular weight excluding hydrogens is 222 g/mol. The first-order valence-corrected chi connectivity index (χ1v) is 6.32. The molecule has 0 saturated heterocycles. The van der Waals surface area contributed by atoms with Crippen molar-refractivity contribution in [3.8, 4) is 0 Å². The lowest BCUT2D eigenvalue weighted by atomic mass is 9.97. The summed E-state index contributed by atoms with van der Waals surface area (Å²) in [7, 11) is 0. The molecule has 90 valence electrons. The first kappa shape index (κ1) is 11.1. The molecule has 0 spiro atoms. The van der Waals surface area contributed by atoms with Crippen LogP contribution in [0, 0.1) is 5.92 Å². The molecule has 0 bridgehead atoms. The largest absolute Gasteiger partial charge is 0.299 e. The molecule has 2 aromatic rings. The maximum Gasteiger partial charge on any atom is 0.142 e. The SMILES string of the molecule is O=C(Cc1ccccn1)C1Cc2ccccc2C1. The van der Waals surface area contributed by atoms with Crippen molar-refractivity contribution < 1.29 is 4.79 Å². The topological polar surface area (TPSA) is 30.0 Å². The summed E-state index contributed by atoms with van der Waals surface area (Å²) in [6, 6.07) is 14.1. The van der Waals surface area contributed by atoms with Gasteiger partial charge in [-0.1, -0.05) is 30.3 Å². The third kappa shape index (κ3) is 2.19. The van der Waals surface area contributed by atoms with Gasteiger partial charge in [0.05, 0.1) is 0 Å². The predicted octanol–water partition coefficient (Wildman–Crippen LogP) is 2.61. The fourth-order valence-electron chi connectivity index (χ4n) is 2.61. The van der Waals surface area contributed by atoms with E-state index in [9.17, 15) is 4.79 Å². The summed E-state index contributed by atoms with van der Waals surface area (Å²) < 4.78 is 0. The standard InChI is InChI=1S/C16H15NO/c18-16(11-15-7-3-4-8-17-15)14-9-12-5-1-2-6-13(12)10-14/h1-8,14H,9-11H2. The number of pyridine rings is 1. The summed E-state index contributed by atoms with van der Waals surface area (Å²) in [6.45, 7) is 0. The van der Waals surface area contributed by atoms with Gasteiger partial charge in [-0.3, -0.25) is 9.78 Å². The third-order valence-corrected chi connectivity index (χ3v) is 3.59. The van der Waals surface area contributed by atoms with Crippen LogP contribution in [0.5, 0.6) is 0 Å². The summed E-state index contributed by atoms with van der Waals surface area (Å²) in [5, 5.41) is 0. The average molecular weight is 237 g/mol. The van der Waals surface area contributed by atoms with Crippen LogP contribution in [0.25, 0.3) is 0 Å². The van der Waals surface area contributed by atoms with E-state index in [2.05, 4.69) is 17.1 Å². The van der Waals surface area contributed by atoms with Crippen LogP contribution in [0.15, 0.2) is 48.7 Å². The maximum atomic E-state index is 12.2. The molecule has 0 fully saturated rings. The first-order chi connectivity index (χ1) is 8.83. The van der Waals surface area contributed by atoms with Gasteiger partial charge in [-0.15, -0.1) is 0 Å². The minimum absolute atomic E-state index is 0.143. The highest BCUT2D eigenvalue weighted by Crippen LogP contribution is 2.27. The Morgan fingerprint density at radius 1 is 1.06 bits per heavy atom. The van der Waals surface area contributed by atoms with Crippen LogP contribution in [0.2, 0.25) is 0 Å². The molecule has 18 heavy (non-hydrogen) atoms. The molecule has 0 aliphatic heterocycles. The van der Waals surface area contributed by atoms with E-state index in [1.54, 1.807) is 6.20 Å². The molecular formula is C16H15NO. The Bertz CT molecular complexity index is 537. The number of hydrogen-bond donors (Lipinski definition) is 0. The molecule has 0 atom stereocenters. The van der Waals surface area contributed by atoms with Crippen LogP contribution >= 0.6 is 0 Å². The minimum atomic E-state index is 0.143. The Morgan fingerprint density at radius 3 is 2.33 bits per heavy atom. The van der Waals surface area contributed by atoms with Crippen molar-refractivity contribution in [2.24, 2.45) is 5.92 Å². The fourth-order valence-corrected chi connectivity index (χ4v) is 2.61. The van der Waals surface area contributed by atoms with Gasteiger partial charge >= 0.3 is 0 Å². The van der Waals surface area contributed by atoms with Crippen molar-refractivity contribution in [3.63, 3.8) is 0 Å². The van der Waals surface area contributed by atoms with E-state index in [4.69, 9.17) is 0 Å². The average Bonchev–Trinajstić information content (AvgIpc) is 2.84. The van der Waals surface area contributed by atoms with Crippen molar-refractivity contribution in [2.75, 3.05) is 0 Å². The molecule has 0 amide bonds. The van der Waals surface area contributed by atoms with Gasteiger partial charge in [-0.25, -0.2) is 0 Å². The second kappa shape index (κ2) is 4.73. The van der Waals surface area contributed by atoms with Gasteiger partial charge in [-0.2, -0.15) is 0 Å². The fraction of sp³-hybridized carbons (Fsp3) is 0.250. The molecule has 0 N–H and O–H groups in total. The van der Waals surface area contributed by atoms with Crippen LogP contribution in [-0.2, 0) is 24.1 Å². The smallest absolute Gasteiger partial charge is 0.142 e. The van der Waals surface area contributed by atoms with Gasteiger partial charge in [0, 0.05) is 24.2 Å². The highest BCUT2D eigenvalue weighted by molar-refractivity contribution is 5.84. The van der Waals surface area contributed by atoms with Crippen LogP contribution in [0.3, 0.4) is 0 Å². The van der Waals surface area contributed by atoms with E-state index in [-0.39, 0.29) is 5.92 Å². The zero-order valence-electron chi connectivity index (χ0n) is 10.2. The zero-order valence-corrected chi connectivity index (χ0v) is 10.2. The molecule has 3 rings (SSSR count). The molecule has 0 radical (unpaired) electrons. The quantitative estimate of drug-likeness (QED) is 0.821. The van der Waals surface area contributed by atoms with Crippen LogP contribution in [0.1, 0.15) is 16.8 Å². The van der Waals surface area contributed by atoms with Gasteiger partial charge in [-0.05, 0) is 36.1 Å². The van der Waals surface area contributed by atoms with E-state index >= 15 is 0 Å². The number of aromatic nitrogens is 1. The monoisotopic (exact) mass is 237 g/mol. The van der Waals surface area contributed by atoms with E-state index in [0.717, 1.165) is 18.5 Å². The van der Waals surface area contributed by atoms with E-state index < -0.39 is 0 Å².